The Hall–Kier alpha value is -2.05. The van der Waals surface area contributed by atoms with E-state index >= 15 is 0 Å². The predicted octanol–water partition coefficient (Wildman–Crippen LogP) is 1.05. The molecule has 0 aromatic carbocycles. The van der Waals surface area contributed by atoms with Gasteiger partial charge >= 0.3 is 11.9 Å². The van der Waals surface area contributed by atoms with E-state index in [2.05, 4.69) is 0 Å². The first-order valence-electron chi connectivity index (χ1n) is 3.72. The lowest BCUT2D eigenvalue weighted by molar-refractivity contribution is -0.391. The van der Waals surface area contributed by atoms with Crippen LogP contribution in [0.3, 0.4) is 0 Å². The number of nitro groups is 1. The highest BCUT2D eigenvalue weighted by molar-refractivity contribution is 5.84. The molecule has 1 amide bonds. The summed E-state index contributed by atoms with van der Waals surface area (Å²) in [7, 11) is 2.76. The van der Waals surface area contributed by atoms with Gasteiger partial charge in [-0.05, 0) is 4.92 Å². The number of anilines is 1. The molecule has 0 aliphatic heterocycles. The third kappa shape index (κ3) is 1.51. The largest absolute Gasteiger partial charge is 0.465 e. The van der Waals surface area contributed by atoms with Gasteiger partial charge in [0.15, 0.2) is 0 Å². The first-order chi connectivity index (χ1) is 6.45. The molecule has 0 fully saturated rings. The molecule has 0 aliphatic carbocycles. The molecule has 1 N–H and O–H groups in total. The molecule has 0 aliphatic rings. The highest BCUT2D eigenvalue weighted by Crippen LogP contribution is 2.21. The summed E-state index contributed by atoms with van der Waals surface area (Å²) in [6.45, 7) is 0. The lowest BCUT2D eigenvalue weighted by atomic mass is 10.5. The third-order valence-electron chi connectivity index (χ3n) is 1.89. The minimum atomic E-state index is -1.17. The molecule has 0 radical (unpaired) electrons. The summed E-state index contributed by atoms with van der Waals surface area (Å²) < 4.78 is 1.20. The summed E-state index contributed by atoms with van der Waals surface area (Å²) >= 11 is 0. The number of hydrogen-bond acceptors (Lipinski definition) is 3. The van der Waals surface area contributed by atoms with Gasteiger partial charge in [0.05, 0.1) is 7.05 Å². The summed E-state index contributed by atoms with van der Waals surface area (Å²) in [5.41, 5.74) is 0. The molecular weight excluding hydrogens is 190 g/mol. The van der Waals surface area contributed by atoms with Crippen molar-refractivity contribution in [2.24, 2.45) is 7.05 Å². The van der Waals surface area contributed by atoms with Crippen LogP contribution in [0.1, 0.15) is 0 Å². The summed E-state index contributed by atoms with van der Waals surface area (Å²) in [4.78, 5) is 21.4. The van der Waals surface area contributed by atoms with Crippen molar-refractivity contribution >= 4 is 17.7 Å². The fraction of sp³-hybridized carbons (Fsp3) is 0.286. The molecule has 0 bridgehead atoms. The molecule has 0 spiro atoms. The molecule has 76 valence electrons. The van der Waals surface area contributed by atoms with Gasteiger partial charge in [0.25, 0.3) is 0 Å². The van der Waals surface area contributed by atoms with Gasteiger partial charge in [-0.15, -0.1) is 0 Å². The van der Waals surface area contributed by atoms with Gasteiger partial charge < -0.3 is 15.2 Å². The topological polar surface area (TPSA) is 88.6 Å². The Morgan fingerprint density at radius 3 is 2.57 bits per heavy atom. The van der Waals surface area contributed by atoms with E-state index < -0.39 is 11.0 Å². The monoisotopic (exact) mass is 199 g/mol. The van der Waals surface area contributed by atoms with Crippen molar-refractivity contribution in [1.82, 2.24) is 4.57 Å². The van der Waals surface area contributed by atoms with E-state index in [0.717, 1.165) is 4.90 Å². The first kappa shape index (κ1) is 10.0. The molecule has 0 unspecified atom stereocenters. The van der Waals surface area contributed by atoms with E-state index in [9.17, 15) is 14.9 Å². The maximum atomic E-state index is 10.6. The van der Waals surface area contributed by atoms with Gasteiger partial charge in [0, 0.05) is 19.2 Å². The molecule has 1 heterocycles. The molecule has 1 rings (SSSR count). The summed E-state index contributed by atoms with van der Waals surface area (Å²) in [6, 6.07) is 2.64. The van der Waals surface area contributed by atoms with Gasteiger partial charge in [-0.3, -0.25) is 0 Å². The minimum absolute atomic E-state index is 0.145. The van der Waals surface area contributed by atoms with Crippen LogP contribution in [0.15, 0.2) is 12.1 Å². The van der Waals surface area contributed by atoms with E-state index in [1.165, 1.54) is 30.8 Å². The van der Waals surface area contributed by atoms with Crippen LogP contribution in [-0.2, 0) is 7.05 Å². The summed E-state index contributed by atoms with van der Waals surface area (Å²) in [5.74, 6) is 0.109. The van der Waals surface area contributed by atoms with Crippen molar-refractivity contribution in [2.75, 3.05) is 11.9 Å². The molecule has 1 aromatic rings. The smallest absolute Gasteiger partial charge is 0.414 e. The van der Waals surface area contributed by atoms with Crippen LogP contribution in [0.4, 0.5) is 16.4 Å². The van der Waals surface area contributed by atoms with E-state index in [1.54, 1.807) is 0 Å². The molecule has 14 heavy (non-hydrogen) atoms. The second-order valence-corrected chi connectivity index (χ2v) is 2.71. The van der Waals surface area contributed by atoms with Gasteiger partial charge in [-0.2, -0.15) is 0 Å². The maximum Gasteiger partial charge on any atom is 0.414 e. The number of aromatic nitrogens is 1. The number of rotatable bonds is 2. The zero-order valence-electron chi connectivity index (χ0n) is 7.67. The van der Waals surface area contributed by atoms with Crippen LogP contribution in [0.2, 0.25) is 0 Å². The number of hydrogen-bond donors (Lipinski definition) is 1. The van der Waals surface area contributed by atoms with Gasteiger partial charge in [0.1, 0.15) is 0 Å². The maximum absolute atomic E-state index is 10.6. The lowest BCUT2D eigenvalue weighted by Gasteiger charge is -2.09. The molecular formula is C7H9N3O4. The fourth-order valence-electron chi connectivity index (χ4n) is 1.11. The van der Waals surface area contributed by atoms with Crippen molar-refractivity contribution in [2.45, 2.75) is 0 Å². The number of nitrogens with zero attached hydrogens (tertiary/aromatic N) is 3. The van der Waals surface area contributed by atoms with E-state index in [-0.39, 0.29) is 11.6 Å². The SMILES string of the molecule is CN(C(=O)O)c1ccc([N+](=O)[O-])n1C. The Kier molecular flexibility index (Phi) is 2.41. The third-order valence-corrected chi connectivity index (χ3v) is 1.89. The average Bonchev–Trinajstić information content (AvgIpc) is 2.45. The number of carbonyl (C=O) groups is 1. The zero-order chi connectivity index (χ0) is 10.9. The Morgan fingerprint density at radius 2 is 2.21 bits per heavy atom. The van der Waals surface area contributed by atoms with Gasteiger partial charge in [-0.1, -0.05) is 0 Å². The second-order valence-electron chi connectivity index (χ2n) is 2.71. The molecule has 1 aromatic heterocycles. The highest BCUT2D eigenvalue weighted by atomic mass is 16.6. The minimum Gasteiger partial charge on any atom is -0.465 e. The molecule has 0 saturated carbocycles. The molecule has 0 saturated heterocycles. The molecule has 0 atom stereocenters. The molecule has 7 heteroatoms. The van der Waals surface area contributed by atoms with Crippen molar-refractivity contribution in [3.8, 4) is 0 Å². The van der Waals surface area contributed by atoms with E-state index in [4.69, 9.17) is 5.11 Å². The van der Waals surface area contributed by atoms with Crippen LogP contribution in [0, 0.1) is 10.1 Å². The van der Waals surface area contributed by atoms with Crippen molar-refractivity contribution in [3.05, 3.63) is 22.2 Å². The normalized spacial score (nSPS) is 9.86. The van der Waals surface area contributed by atoms with Crippen LogP contribution >= 0.6 is 0 Å². The Labute approximate surface area is 79.3 Å². The standard InChI is InChI=1S/C7H9N3O4/c1-8-5(9(2)7(11)12)3-4-6(8)10(13)14/h3-4H,1-2H3,(H,11,12). The lowest BCUT2D eigenvalue weighted by Crippen LogP contribution is -2.25. The van der Waals surface area contributed by atoms with Crippen LogP contribution in [0.5, 0.6) is 0 Å². The van der Waals surface area contributed by atoms with Crippen molar-refractivity contribution < 1.29 is 14.8 Å². The Bertz CT molecular complexity index is 384. The number of amides is 1. The quantitative estimate of drug-likeness (QED) is 0.569. The van der Waals surface area contributed by atoms with Gasteiger partial charge in [0.2, 0.25) is 5.82 Å². The van der Waals surface area contributed by atoms with Crippen LogP contribution in [0.25, 0.3) is 0 Å². The molecule has 7 nitrogen and oxygen atoms in total. The van der Waals surface area contributed by atoms with Crippen LogP contribution < -0.4 is 4.90 Å². The summed E-state index contributed by atoms with van der Waals surface area (Å²) in [5, 5.41) is 19.1. The Morgan fingerprint density at radius 1 is 1.64 bits per heavy atom. The first-order valence-corrected chi connectivity index (χ1v) is 3.72. The van der Waals surface area contributed by atoms with Crippen molar-refractivity contribution in [3.63, 3.8) is 0 Å². The van der Waals surface area contributed by atoms with Crippen LogP contribution in [-0.4, -0.2) is 27.7 Å². The second kappa shape index (κ2) is 3.36. The van der Waals surface area contributed by atoms with Gasteiger partial charge in [-0.25, -0.2) is 14.3 Å². The van der Waals surface area contributed by atoms with Crippen molar-refractivity contribution in [1.29, 1.82) is 0 Å². The average molecular weight is 199 g/mol. The summed E-state index contributed by atoms with van der Waals surface area (Å²) in [6.07, 6.45) is -1.17. The number of carboxylic acid groups (broad SMARTS) is 1. The van der Waals surface area contributed by atoms with E-state index in [1.807, 2.05) is 0 Å². The highest BCUT2D eigenvalue weighted by Gasteiger charge is 2.20. The Balaban J connectivity index is 3.13. The fourth-order valence-corrected chi connectivity index (χ4v) is 1.11. The zero-order valence-corrected chi connectivity index (χ0v) is 7.67. The van der Waals surface area contributed by atoms with E-state index in [0.29, 0.717) is 0 Å². The predicted molar refractivity (Wildman–Crippen MR) is 48.5 cm³/mol.